The summed E-state index contributed by atoms with van der Waals surface area (Å²) in [6.07, 6.45) is 0.743. The number of amides is 2. The minimum Gasteiger partial charge on any atom is -0.365 e. The molecule has 0 saturated carbocycles. The van der Waals surface area contributed by atoms with E-state index in [9.17, 15) is 18.0 Å². The molecule has 0 bridgehead atoms. The van der Waals surface area contributed by atoms with Gasteiger partial charge in [-0.3, -0.25) is 9.59 Å². The van der Waals surface area contributed by atoms with Crippen LogP contribution in [-0.2, 0) is 22.8 Å². The van der Waals surface area contributed by atoms with Gasteiger partial charge in [-0.1, -0.05) is 13.0 Å². The minimum absolute atomic E-state index is 0.0438. The van der Waals surface area contributed by atoms with Gasteiger partial charge in [-0.2, -0.15) is 0 Å². The Bertz CT molecular complexity index is 1030. The van der Waals surface area contributed by atoms with E-state index in [1.54, 1.807) is 13.0 Å². The first-order valence-electron chi connectivity index (χ1n) is 9.18. The molecule has 7 nitrogen and oxygen atoms in total. The summed E-state index contributed by atoms with van der Waals surface area (Å²) in [6.45, 7) is 6.38. The molecule has 150 valence electrons. The fourth-order valence-electron chi connectivity index (χ4n) is 3.36. The van der Waals surface area contributed by atoms with Gasteiger partial charge in [-0.25, -0.2) is 8.42 Å². The molecular formula is C19H24N3O4S2+. The van der Waals surface area contributed by atoms with E-state index in [1.165, 1.54) is 34.4 Å². The number of quaternary nitrogens is 1. The number of hydrogen-bond donors (Lipinski definition) is 3. The number of likely N-dealkylation sites (N-methyl/N-ethyl adjacent to an activating group) is 1. The molecule has 2 aromatic rings. The van der Waals surface area contributed by atoms with Crippen molar-refractivity contribution in [3.63, 3.8) is 0 Å². The van der Waals surface area contributed by atoms with E-state index in [2.05, 4.69) is 12.2 Å². The Morgan fingerprint density at radius 2 is 2.04 bits per heavy atom. The topological polar surface area (TPSA) is 111 Å². The van der Waals surface area contributed by atoms with Gasteiger partial charge in [0, 0.05) is 12.0 Å². The maximum absolute atomic E-state index is 12.7. The molecule has 0 saturated heterocycles. The van der Waals surface area contributed by atoms with Crippen LogP contribution in [0.2, 0.25) is 0 Å². The van der Waals surface area contributed by atoms with Crippen LogP contribution in [0.25, 0.3) is 0 Å². The first-order chi connectivity index (χ1) is 13.3. The Balaban J connectivity index is 1.92. The molecular weight excluding hydrogens is 398 g/mol. The van der Waals surface area contributed by atoms with E-state index in [4.69, 9.17) is 5.73 Å². The van der Waals surface area contributed by atoms with Gasteiger partial charge in [0.2, 0.25) is 0 Å². The molecule has 2 amide bonds. The average molecular weight is 423 g/mol. The van der Waals surface area contributed by atoms with Crippen molar-refractivity contribution in [2.24, 2.45) is 5.73 Å². The molecule has 0 spiro atoms. The smallest absolute Gasteiger partial charge is 0.256 e. The van der Waals surface area contributed by atoms with Gasteiger partial charge in [0.15, 0.2) is 9.84 Å². The van der Waals surface area contributed by atoms with Gasteiger partial charge < -0.3 is 16.0 Å². The number of hydrogen-bond acceptors (Lipinski definition) is 5. The molecule has 1 unspecified atom stereocenters. The van der Waals surface area contributed by atoms with Crippen LogP contribution >= 0.6 is 11.3 Å². The molecule has 28 heavy (non-hydrogen) atoms. The van der Waals surface area contributed by atoms with Crippen LogP contribution in [-0.4, -0.2) is 39.1 Å². The van der Waals surface area contributed by atoms with Crippen molar-refractivity contribution in [3.8, 4) is 0 Å². The number of nitrogens with two attached hydrogens (primary N) is 1. The SMILES string of the molecule is CC[NH+]1CCc2c(sc(NC(=O)c3cccc(S(=O)(=O)CC)c3)c2C(N)=O)C1. The molecule has 1 aromatic heterocycles. The number of rotatable bonds is 6. The van der Waals surface area contributed by atoms with Crippen molar-refractivity contribution in [2.75, 3.05) is 24.2 Å². The van der Waals surface area contributed by atoms with Crippen molar-refractivity contribution in [1.82, 2.24) is 0 Å². The largest absolute Gasteiger partial charge is 0.365 e. The molecule has 2 heterocycles. The second-order valence-electron chi connectivity index (χ2n) is 6.74. The predicted octanol–water partition coefficient (Wildman–Crippen LogP) is 0.854. The van der Waals surface area contributed by atoms with Crippen LogP contribution in [0.1, 0.15) is 45.0 Å². The highest BCUT2D eigenvalue weighted by molar-refractivity contribution is 7.91. The third-order valence-corrected chi connectivity index (χ3v) is 7.92. The number of anilines is 1. The first-order valence-corrected chi connectivity index (χ1v) is 11.7. The first kappa shape index (κ1) is 20.5. The van der Waals surface area contributed by atoms with Crippen molar-refractivity contribution in [1.29, 1.82) is 0 Å². The summed E-state index contributed by atoms with van der Waals surface area (Å²) in [5, 5.41) is 3.20. The summed E-state index contributed by atoms with van der Waals surface area (Å²) in [5.74, 6) is -1.07. The van der Waals surface area contributed by atoms with E-state index in [-0.39, 0.29) is 16.2 Å². The van der Waals surface area contributed by atoms with Gasteiger partial charge in [-0.15, -0.1) is 11.3 Å². The summed E-state index contributed by atoms with van der Waals surface area (Å²) in [4.78, 5) is 27.4. The number of primary amides is 1. The van der Waals surface area contributed by atoms with E-state index >= 15 is 0 Å². The van der Waals surface area contributed by atoms with E-state index in [0.29, 0.717) is 10.6 Å². The van der Waals surface area contributed by atoms with Crippen molar-refractivity contribution < 1.29 is 22.9 Å². The third-order valence-electron chi connectivity index (χ3n) is 5.04. The molecule has 1 aliphatic heterocycles. The average Bonchev–Trinajstić information content (AvgIpc) is 3.04. The Morgan fingerprint density at radius 1 is 1.29 bits per heavy atom. The van der Waals surface area contributed by atoms with Gasteiger partial charge in [0.25, 0.3) is 11.8 Å². The fourth-order valence-corrected chi connectivity index (χ4v) is 5.61. The highest BCUT2D eigenvalue weighted by Crippen LogP contribution is 2.34. The summed E-state index contributed by atoms with van der Waals surface area (Å²) >= 11 is 1.37. The Hall–Kier alpha value is -2.23. The monoisotopic (exact) mass is 422 g/mol. The third kappa shape index (κ3) is 3.96. The molecule has 1 aliphatic rings. The Kier molecular flexibility index (Phi) is 5.87. The number of sulfone groups is 1. The standard InChI is InChI=1S/C19H23N3O4S2/c1-3-22-9-8-14-15(11-22)27-19(16(14)17(20)23)21-18(24)12-6-5-7-13(10-12)28(25,26)4-2/h5-7,10H,3-4,8-9,11H2,1-2H3,(H2,20,23)(H,21,24)/p+1. The number of thiophene rings is 1. The number of nitrogens with one attached hydrogen (secondary N) is 2. The second-order valence-corrected chi connectivity index (χ2v) is 10.1. The summed E-state index contributed by atoms with van der Waals surface area (Å²) in [7, 11) is -3.41. The van der Waals surface area contributed by atoms with Crippen LogP contribution in [0.5, 0.6) is 0 Å². The number of fused-ring (bicyclic) bond motifs is 1. The molecule has 0 aliphatic carbocycles. The molecule has 1 aromatic carbocycles. The van der Waals surface area contributed by atoms with Crippen LogP contribution in [0.3, 0.4) is 0 Å². The molecule has 9 heteroatoms. The van der Waals surface area contributed by atoms with E-state index in [0.717, 1.165) is 36.5 Å². The van der Waals surface area contributed by atoms with Gasteiger partial charge in [0.05, 0.1) is 34.2 Å². The molecule has 3 rings (SSSR count). The van der Waals surface area contributed by atoms with Gasteiger partial charge in [0.1, 0.15) is 11.5 Å². The zero-order chi connectivity index (χ0) is 20.5. The van der Waals surface area contributed by atoms with Crippen molar-refractivity contribution in [2.45, 2.75) is 31.7 Å². The van der Waals surface area contributed by atoms with Crippen molar-refractivity contribution in [3.05, 3.63) is 45.8 Å². The van der Waals surface area contributed by atoms with Crippen LogP contribution in [0.4, 0.5) is 5.00 Å². The normalized spacial score (nSPS) is 16.4. The quantitative estimate of drug-likeness (QED) is 0.641. The second kappa shape index (κ2) is 8.02. The lowest BCUT2D eigenvalue weighted by molar-refractivity contribution is -0.913. The molecule has 0 fully saturated rings. The van der Waals surface area contributed by atoms with E-state index < -0.39 is 21.7 Å². The summed E-state index contributed by atoms with van der Waals surface area (Å²) < 4.78 is 24.2. The van der Waals surface area contributed by atoms with Crippen LogP contribution in [0.15, 0.2) is 29.2 Å². The van der Waals surface area contributed by atoms with Crippen LogP contribution < -0.4 is 16.0 Å². The lowest BCUT2D eigenvalue weighted by atomic mass is 10.0. The Morgan fingerprint density at radius 3 is 2.68 bits per heavy atom. The maximum atomic E-state index is 12.7. The fraction of sp³-hybridized carbons (Fsp3) is 0.368. The minimum atomic E-state index is -3.41. The number of benzene rings is 1. The van der Waals surface area contributed by atoms with Crippen molar-refractivity contribution >= 4 is 38.0 Å². The summed E-state index contributed by atoms with van der Waals surface area (Å²) in [5.41, 5.74) is 7.11. The van der Waals surface area contributed by atoms with E-state index in [1.807, 2.05) is 0 Å². The van der Waals surface area contributed by atoms with Gasteiger partial charge >= 0.3 is 0 Å². The van der Waals surface area contributed by atoms with Crippen LogP contribution in [0, 0.1) is 0 Å². The number of carbonyl (C=O) groups excluding carboxylic acids is 2. The lowest BCUT2D eigenvalue weighted by Gasteiger charge is -2.22. The lowest BCUT2D eigenvalue weighted by Crippen LogP contribution is -3.11. The zero-order valence-electron chi connectivity index (χ0n) is 15.9. The summed E-state index contributed by atoms with van der Waals surface area (Å²) in [6, 6.07) is 5.91. The number of carbonyl (C=O) groups is 2. The molecule has 4 N–H and O–H groups in total. The highest BCUT2D eigenvalue weighted by Gasteiger charge is 2.29. The van der Waals surface area contributed by atoms with Gasteiger partial charge in [-0.05, 0) is 30.7 Å². The highest BCUT2D eigenvalue weighted by atomic mass is 32.2. The zero-order valence-corrected chi connectivity index (χ0v) is 17.5. The Labute approximate surface area is 168 Å². The maximum Gasteiger partial charge on any atom is 0.256 e. The predicted molar refractivity (Wildman–Crippen MR) is 109 cm³/mol. The molecule has 0 radical (unpaired) electrons. The molecule has 1 atom stereocenters.